The smallest absolute Gasteiger partial charge is 0.336 e. The molecule has 0 aliphatic carbocycles. The van der Waals surface area contributed by atoms with Crippen molar-refractivity contribution in [1.82, 2.24) is 0 Å². The summed E-state index contributed by atoms with van der Waals surface area (Å²) in [6, 6.07) is 19.6. The summed E-state index contributed by atoms with van der Waals surface area (Å²) in [6.07, 6.45) is 0. The van der Waals surface area contributed by atoms with E-state index in [0.29, 0.717) is 9.79 Å². The minimum absolute atomic E-state index is 0.0729. The highest BCUT2D eigenvalue weighted by molar-refractivity contribution is 7.85. The second-order valence-corrected chi connectivity index (χ2v) is 5.96. The molecule has 3 nitrogen and oxygen atoms in total. The van der Waals surface area contributed by atoms with Crippen LogP contribution in [0.1, 0.15) is 10.4 Å². The molecule has 3 aromatic carbocycles. The van der Waals surface area contributed by atoms with Crippen LogP contribution in [-0.2, 0) is 10.8 Å². The van der Waals surface area contributed by atoms with E-state index in [0.717, 1.165) is 10.8 Å². The largest absolute Gasteiger partial charge is 0.478 e. The third-order valence-corrected chi connectivity index (χ3v) is 4.78. The SMILES string of the molecule is O=C(O)c1ccccc1S(=O)c1cccc2ccccc12. The van der Waals surface area contributed by atoms with Crippen molar-refractivity contribution in [2.24, 2.45) is 0 Å². The minimum Gasteiger partial charge on any atom is -0.478 e. The molecule has 0 spiro atoms. The fraction of sp³-hybridized carbons (Fsp3) is 0. The molecule has 0 radical (unpaired) electrons. The number of hydrogen-bond donors (Lipinski definition) is 1. The predicted octanol–water partition coefficient (Wildman–Crippen LogP) is 3.70. The van der Waals surface area contributed by atoms with E-state index in [1.54, 1.807) is 24.3 Å². The predicted molar refractivity (Wildman–Crippen MR) is 82.0 cm³/mol. The highest BCUT2D eigenvalue weighted by Gasteiger charge is 2.17. The van der Waals surface area contributed by atoms with Crippen LogP contribution >= 0.6 is 0 Å². The normalized spacial score (nSPS) is 12.2. The zero-order chi connectivity index (χ0) is 14.8. The number of aromatic carboxylic acids is 1. The zero-order valence-electron chi connectivity index (χ0n) is 11.0. The van der Waals surface area contributed by atoms with Gasteiger partial charge in [-0.1, -0.05) is 48.5 Å². The van der Waals surface area contributed by atoms with Gasteiger partial charge in [0.1, 0.15) is 0 Å². The van der Waals surface area contributed by atoms with E-state index < -0.39 is 16.8 Å². The van der Waals surface area contributed by atoms with Crippen molar-refractivity contribution < 1.29 is 14.1 Å². The molecule has 3 rings (SSSR count). The Morgan fingerprint density at radius 1 is 0.810 bits per heavy atom. The molecule has 0 heterocycles. The molecule has 1 atom stereocenters. The van der Waals surface area contributed by atoms with Crippen LogP contribution < -0.4 is 0 Å². The second kappa shape index (κ2) is 5.50. The number of hydrogen-bond acceptors (Lipinski definition) is 2. The molecular formula is C17H12O3S. The van der Waals surface area contributed by atoms with E-state index in [9.17, 15) is 14.1 Å². The van der Waals surface area contributed by atoms with E-state index in [4.69, 9.17) is 0 Å². The van der Waals surface area contributed by atoms with Gasteiger partial charge in [0.25, 0.3) is 0 Å². The molecule has 0 amide bonds. The Kier molecular flexibility index (Phi) is 3.54. The topological polar surface area (TPSA) is 54.4 Å². The van der Waals surface area contributed by atoms with Gasteiger partial charge in [0, 0.05) is 0 Å². The molecule has 0 aliphatic heterocycles. The number of carboxylic acids is 1. The quantitative estimate of drug-likeness (QED) is 0.801. The van der Waals surface area contributed by atoms with Crippen molar-refractivity contribution >= 4 is 27.5 Å². The number of carbonyl (C=O) groups is 1. The summed E-state index contributed by atoms with van der Waals surface area (Å²) in [7, 11) is -1.53. The monoisotopic (exact) mass is 296 g/mol. The average Bonchev–Trinajstić information content (AvgIpc) is 2.53. The summed E-state index contributed by atoms with van der Waals surface area (Å²) in [6.45, 7) is 0. The van der Waals surface area contributed by atoms with E-state index in [2.05, 4.69) is 0 Å². The summed E-state index contributed by atoms with van der Waals surface area (Å²) in [5.74, 6) is -1.07. The van der Waals surface area contributed by atoms with Crippen LogP contribution in [-0.4, -0.2) is 15.3 Å². The van der Waals surface area contributed by atoms with Gasteiger partial charge in [-0.15, -0.1) is 0 Å². The maximum atomic E-state index is 12.8. The summed E-state index contributed by atoms with van der Waals surface area (Å²) in [5.41, 5.74) is 0.0729. The van der Waals surface area contributed by atoms with Crippen molar-refractivity contribution in [3.8, 4) is 0 Å². The third-order valence-electron chi connectivity index (χ3n) is 3.27. The fourth-order valence-corrected chi connectivity index (χ4v) is 3.66. The van der Waals surface area contributed by atoms with Crippen LogP contribution in [0.25, 0.3) is 10.8 Å². The number of benzene rings is 3. The molecule has 1 unspecified atom stereocenters. The van der Waals surface area contributed by atoms with Crippen LogP contribution in [0.5, 0.6) is 0 Å². The van der Waals surface area contributed by atoms with E-state index in [1.165, 1.54) is 6.07 Å². The molecule has 0 aromatic heterocycles. The highest BCUT2D eigenvalue weighted by atomic mass is 32.2. The molecule has 21 heavy (non-hydrogen) atoms. The molecule has 0 aliphatic rings. The van der Waals surface area contributed by atoms with Crippen molar-refractivity contribution in [1.29, 1.82) is 0 Å². The molecule has 104 valence electrons. The van der Waals surface area contributed by atoms with Crippen molar-refractivity contribution in [3.63, 3.8) is 0 Å². The Balaban J connectivity index is 2.20. The first kappa shape index (κ1) is 13.5. The van der Waals surface area contributed by atoms with Gasteiger partial charge in [0.2, 0.25) is 0 Å². The lowest BCUT2D eigenvalue weighted by atomic mass is 10.1. The lowest BCUT2D eigenvalue weighted by molar-refractivity contribution is 0.0693. The van der Waals surface area contributed by atoms with Gasteiger partial charge in [-0.25, -0.2) is 9.00 Å². The van der Waals surface area contributed by atoms with Gasteiger partial charge in [-0.05, 0) is 29.0 Å². The Morgan fingerprint density at radius 2 is 1.43 bits per heavy atom. The summed E-state index contributed by atoms with van der Waals surface area (Å²) >= 11 is 0. The van der Waals surface area contributed by atoms with Gasteiger partial charge >= 0.3 is 5.97 Å². The first-order valence-corrected chi connectivity index (χ1v) is 7.55. The van der Waals surface area contributed by atoms with E-state index in [-0.39, 0.29) is 5.56 Å². The number of rotatable bonds is 3. The van der Waals surface area contributed by atoms with Gasteiger partial charge in [0.05, 0.1) is 26.2 Å². The lowest BCUT2D eigenvalue weighted by Gasteiger charge is -2.09. The van der Waals surface area contributed by atoms with Crippen LogP contribution in [0.2, 0.25) is 0 Å². The fourth-order valence-electron chi connectivity index (χ4n) is 2.28. The number of fused-ring (bicyclic) bond motifs is 1. The Morgan fingerprint density at radius 3 is 2.24 bits per heavy atom. The van der Waals surface area contributed by atoms with Crippen LogP contribution in [0.4, 0.5) is 0 Å². The minimum atomic E-state index is -1.53. The summed E-state index contributed by atoms with van der Waals surface area (Å²) < 4.78 is 12.8. The third kappa shape index (κ3) is 2.45. The lowest BCUT2D eigenvalue weighted by Crippen LogP contribution is -2.04. The van der Waals surface area contributed by atoms with Crippen molar-refractivity contribution in [2.75, 3.05) is 0 Å². The van der Waals surface area contributed by atoms with Gasteiger partial charge < -0.3 is 5.11 Å². The molecule has 0 saturated heterocycles. The second-order valence-electron chi connectivity index (χ2n) is 4.55. The van der Waals surface area contributed by atoms with E-state index >= 15 is 0 Å². The Hall–Kier alpha value is -2.46. The first-order valence-electron chi connectivity index (χ1n) is 6.40. The van der Waals surface area contributed by atoms with Gasteiger partial charge in [0.15, 0.2) is 0 Å². The Labute approximate surface area is 124 Å². The maximum absolute atomic E-state index is 12.8. The first-order chi connectivity index (χ1) is 10.2. The van der Waals surface area contributed by atoms with Gasteiger partial charge in [-0.2, -0.15) is 0 Å². The zero-order valence-corrected chi connectivity index (χ0v) is 11.8. The molecule has 4 heteroatoms. The molecule has 0 bridgehead atoms. The molecular weight excluding hydrogens is 284 g/mol. The summed E-state index contributed by atoms with van der Waals surface area (Å²) in [5, 5.41) is 11.1. The number of carboxylic acid groups (broad SMARTS) is 1. The Bertz CT molecular complexity index is 850. The van der Waals surface area contributed by atoms with Crippen LogP contribution in [0.3, 0.4) is 0 Å². The standard InChI is InChI=1S/C17H12O3S/c18-17(19)14-9-3-4-10-16(14)21(20)15-11-5-7-12-6-1-2-8-13(12)15/h1-11H,(H,18,19). The average molecular weight is 296 g/mol. The van der Waals surface area contributed by atoms with E-state index in [1.807, 2.05) is 36.4 Å². The highest BCUT2D eigenvalue weighted by Crippen LogP contribution is 2.27. The van der Waals surface area contributed by atoms with Crippen molar-refractivity contribution in [3.05, 3.63) is 72.3 Å². The molecule has 0 fully saturated rings. The molecule has 3 aromatic rings. The summed E-state index contributed by atoms with van der Waals surface area (Å²) in [4.78, 5) is 12.2. The van der Waals surface area contributed by atoms with Crippen LogP contribution in [0.15, 0.2) is 76.5 Å². The van der Waals surface area contributed by atoms with Gasteiger partial charge in [-0.3, -0.25) is 0 Å². The van der Waals surface area contributed by atoms with Crippen LogP contribution in [0, 0.1) is 0 Å². The van der Waals surface area contributed by atoms with Crippen molar-refractivity contribution in [2.45, 2.75) is 9.79 Å². The molecule has 1 N–H and O–H groups in total. The molecule has 0 saturated carbocycles. The maximum Gasteiger partial charge on any atom is 0.336 e.